The van der Waals surface area contributed by atoms with E-state index in [0.717, 1.165) is 5.56 Å². The van der Waals surface area contributed by atoms with Crippen LogP contribution >= 0.6 is 22.9 Å². The molecule has 0 amide bonds. The maximum Gasteiger partial charge on any atom is 0.231 e. The van der Waals surface area contributed by atoms with Gasteiger partial charge in [0.15, 0.2) is 11.5 Å². The van der Waals surface area contributed by atoms with Gasteiger partial charge in [0.05, 0.1) is 0 Å². The Hall–Kier alpha value is -2.44. The van der Waals surface area contributed by atoms with E-state index in [9.17, 15) is 10.2 Å². The number of aromatic nitrogens is 2. The van der Waals surface area contributed by atoms with Crippen LogP contribution in [0.5, 0.6) is 11.5 Å². The summed E-state index contributed by atoms with van der Waals surface area (Å²) in [5, 5.41) is 28.5. The van der Waals surface area contributed by atoms with Gasteiger partial charge in [0.1, 0.15) is 5.01 Å². The Labute approximate surface area is 135 Å². The molecule has 0 bridgehead atoms. The fourth-order valence-electron chi connectivity index (χ4n) is 1.75. The first-order valence-corrected chi connectivity index (χ1v) is 7.47. The van der Waals surface area contributed by atoms with Gasteiger partial charge in [-0.15, -0.1) is 10.2 Å². The largest absolute Gasteiger partial charge is 0.504 e. The standard InChI is InChI=1S/C15H10ClN3O2S/c16-11-4-2-1-3-10(11)8-17-15-19-18-14(22-15)9-5-6-12(20)13(21)7-9/h1-8,20-21H. The first-order chi connectivity index (χ1) is 10.6. The molecule has 0 atom stereocenters. The maximum atomic E-state index is 9.51. The average molecular weight is 332 g/mol. The number of halogens is 1. The van der Waals surface area contributed by atoms with E-state index in [4.69, 9.17) is 11.6 Å². The van der Waals surface area contributed by atoms with Gasteiger partial charge in [-0.05, 0) is 24.3 Å². The highest BCUT2D eigenvalue weighted by Crippen LogP contribution is 2.33. The van der Waals surface area contributed by atoms with Gasteiger partial charge in [0, 0.05) is 22.4 Å². The summed E-state index contributed by atoms with van der Waals surface area (Å²) in [6, 6.07) is 11.8. The van der Waals surface area contributed by atoms with E-state index in [1.165, 1.54) is 23.5 Å². The Kier molecular flexibility index (Phi) is 4.04. The fourth-order valence-corrected chi connectivity index (χ4v) is 2.62. The number of benzene rings is 2. The van der Waals surface area contributed by atoms with Crippen molar-refractivity contribution in [3.63, 3.8) is 0 Å². The summed E-state index contributed by atoms with van der Waals surface area (Å²) >= 11 is 7.32. The lowest BCUT2D eigenvalue weighted by molar-refractivity contribution is 0.404. The van der Waals surface area contributed by atoms with E-state index >= 15 is 0 Å². The zero-order chi connectivity index (χ0) is 15.5. The Bertz CT molecular complexity index is 848. The van der Waals surface area contributed by atoms with Crippen LogP contribution in [0.3, 0.4) is 0 Å². The molecule has 5 nitrogen and oxygen atoms in total. The summed E-state index contributed by atoms with van der Waals surface area (Å²) in [7, 11) is 0. The van der Waals surface area contributed by atoms with Crippen molar-refractivity contribution in [2.24, 2.45) is 4.99 Å². The number of hydrogen-bond acceptors (Lipinski definition) is 6. The maximum absolute atomic E-state index is 9.51. The molecular weight excluding hydrogens is 322 g/mol. The molecule has 0 saturated carbocycles. The van der Waals surface area contributed by atoms with Gasteiger partial charge in [0.2, 0.25) is 5.13 Å². The lowest BCUT2D eigenvalue weighted by Gasteiger charge is -1.98. The van der Waals surface area contributed by atoms with Crippen LogP contribution in [-0.2, 0) is 0 Å². The molecule has 0 aliphatic carbocycles. The first-order valence-electron chi connectivity index (χ1n) is 6.28. The second kappa shape index (κ2) is 6.13. The Morgan fingerprint density at radius 3 is 2.64 bits per heavy atom. The van der Waals surface area contributed by atoms with Crippen LogP contribution in [-0.4, -0.2) is 26.6 Å². The Balaban J connectivity index is 1.85. The van der Waals surface area contributed by atoms with E-state index in [1.54, 1.807) is 18.3 Å². The van der Waals surface area contributed by atoms with Gasteiger partial charge in [-0.3, -0.25) is 0 Å². The third-order valence-electron chi connectivity index (χ3n) is 2.86. The van der Waals surface area contributed by atoms with Gasteiger partial charge < -0.3 is 10.2 Å². The molecule has 1 aromatic heterocycles. The molecule has 3 rings (SSSR count). The topological polar surface area (TPSA) is 78.6 Å². The van der Waals surface area contributed by atoms with Crippen molar-refractivity contribution in [2.75, 3.05) is 0 Å². The smallest absolute Gasteiger partial charge is 0.231 e. The summed E-state index contributed by atoms with van der Waals surface area (Å²) in [5.41, 5.74) is 1.45. The molecule has 7 heteroatoms. The van der Waals surface area contributed by atoms with Crippen LogP contribution in [0.25, 0.3) is 10.6 Å². The molecule has 0 spiro atoms. The predicted molar refractivity (Wildman–Crippen MR) is 87.4 cm³/mol. The lowest BCUT2D eigenvalue weighted by atomic mass is 10.2. The van der Waals surface area contributed by atoms with Crippen molar-refractivity contribution < 1.29 is 10.2 Å². The molecule has 3 aromatic rings. The lowest BCUT2D eigenvalue weighted by Crippen LogP contribution is -1.80. The molecule has 0 saturated heterocycles. The summed E-state index contributed by atoms with van der Waals surface area (Å²) in [6.45, 7) is 0. The van der Waals surface area contributed by atoms with Gasteiger partial charge in [-0.25, -0.2) is 4.99 Å². The zero-order valence-corrected chi connectivity index (χ0v) is 12.7. The second-order valence-electron chi connectivity index (χ2n) is 4.37. The molecule has 2 aromatic carbocycles. The van der Waals surface area contributed by atoms with Crippen molar-refractivity contribution in [3.8, 4) is 22.1 Å². The molecule has 0 aliphatic heterocycles. The van der Waals surface area contributed by atoms with E-state index in [0.29, 0.717) is 20.7 Å². The molecule has 1 heterocycles. The Morgan fingerprint density at radius 2 is 1.86 bits per heavy atom. The number of aromatic hydroxyl groups is 2. The van der Waals surface area contributed by atoms with Gasteiger partial charge in [-0.1, -0.05) is 41.1 Å². The van der Waals surface area contributed by atoms with Crippen LogP contribution in [0.1, 0.15) is 5.56 Å². The summed E-state index contributed by atoms with van der Waals surface area (Å²) in [5.74, 6) is -0.376. The number of nitrogens with zero attached hydrogens (tertiary/aromatic N) is 3. The highest BCUT2D eigenvalue weighted by Gasteiger charge is 2.08. The van der Waals surface area contributed by atoms with E-state index < -0.39 is 0 Å². The molecule has 22 heavy (non-hydrogen) atoms. The van der Waals surface area contributed by atoms with Crippen LogP contribution in [0.4, 0.5) is 5.13 Å². The minimum Gasteiger partial charge on any atom is -0.504 e. The third kappa shape index (κ3) is 3.08. The third-order valence-corrected chi connectivity index (χ3v) is 4.08. The average Bonchev–Trinajstić information content (AvgIpc) is 2.98. The van der Waals surface area contributed by atoms with Crippen molar-refractivity contribution in [1.29, 1.82) is 0 Å². The predicted octanol–water partition coefficient (Wildman–Crippen LogP) is 4.02. The van der Waals surface area contributed by atoms with Crippen molar-refractivity contribution in [2.45, 2.75) is 0 Å². The van der Waals surface area contributed by atoms with E-state index in [-0.39, 0.29) is 11.5 Å². The molecule has 0 radical (unpaired) electrons. The van der Waals surface area contributed by atoms with Gasteiger partial charge in [-0.2, -0.15) is 0 Å². The molecule has 110 valence electrons. The van der Waals surface area contributed by atoms with Crippen LogP contribution < -0.4 is 0 Å². The second-order valence-corrected chi connectivity index (χ2v) is 5.74. The fraction of sp³-hybridized carbons (Fsp3) is 0. The SMILES string of the molecule is Oc1ccc(-c2nnc(N=Cc3ccccc3Cl)s2)cc1O. The highest BCUT2D eigenvalue weighted by atomic mass is 35.5. The molecule has 0 fully saturated rings. The molecule has 0 unspecified atom stereocenters. The van der Waals surface area contributed by atoms with E-state index in [1.807, 2.05) is 18.2 Å². The minimum absolute atomic E-state index is 0.176. The first kappa shape index (κ1) is 14.5. The Morgan fingerprint density at radius 1 is 1.05 bits per heavy atom. The van der Waals surface area contributed by atoms with Gasteiger partial charge >= 0.3 is 0 Å². The molecule has 0 aliphatic rings. The van der Waals surface area contributed by atoms with Crippen LogP contribution in [0.15, 0.2) is 47.5 Å². The van der Waals surface area contributed by atoms with E-state index in [2.05, 4.69) is 15.2 Å². The van der Waals surface area contributed by atoms with Crippen molar-refractivity contribution >= 4 is 34.3 Å². The summed E-state index contributed by atoms with van der Waals surface area (Å²) in [4.78, 5) is 4.25. The zero-order valence-electron chi connectivity index (χ0n) is 11.1. The molecule has 2 N–H and O–H groups in total. The number of aliphatic imine (C=N–C) groups is 1. The monoisotopic (exact) mass is 331 g/mol. The van der Waals surface area contributed by atoms with Crippen LogP contribution in [0.2, 0.25) is 5.02 Å². The normalized spacial score (nSPS) is 11.1. The van der Waals surface area contributed by atoms with Crippen LogP contribution in [0, 0.1) is 0 Å². The van der Waals surface area contributed by atoms with Gasteiger partial charge in [0.25, 0.3) is 0 Å². The number of phenols is 2. The number of phenolic OH excluding ortho intramolecular Hbond substituents is 2. The number of rotatable bonds is 3. The number of hydrogen-bond donors (Lipinski definition) is 2. The summed E-state index contributed by atoms with van der Waals surface area (Å²) in [6.07, 6.45) is 1.63. The quantitative estimate of drug-likeness (QED) is 0.561. The summed E-state index contributed by atoms with van der Waals surface area (Å²) < 4.78 is 0. The van der Waals surface area contributed by atoms with Crippen molar-refractivity contribution in [1.82, 2.24) is 10.2 Å². The minimum atomic E-state index is -0.200. The molecular formula is C15H10ClN3O2S. The van der Waals surface area contributed by atoms with Crippen molar-refractivity contribution in [3.05, 3.63) is 53.1 Å². The highest BCUT2D eigenvalue weighted by molar-refractivity contribution is 7.18.